The molecule has 1 aromatic carbocycles. The van der Waals surface area contributed by atoms with Gasteiger partial charge in [-0.1, -0.05) is 6.07 Å². The molecule has 2 aromatic rings. The molecule has 10 heteroatoms. The number of fused-ring (bicyclic) bond motifs is 1. The minimum absolute atomic E-state index is 0.0149. The molecule has 0 spiro atoms. The van der Waals surface area contributed by atoms with Crippen LogP contribution < -0.4 is 10.0 Å². The van der Waals surface area contributed by atoms with Crippen LogP contribution in [-0.4, -0.2) is 57.4 Å². The van der Waals surface area contributed by atoms with Crippen molar-refractivity contribution in [2.45, 2.75) is 23.8 Å². The largest absolute Gasteiger partial charge is 0.467 e. The average Bonchev–Trinajstić information content (AvgIpc) is 3.15. The van der Waals surface area contributed by atoms with Crippen molar-refractivity contribution in [2.75, 3.05) is 32.1 Å². The molecule has 1 unspecified atom stereocenters. The molecule has 3 rings (SSSR count). The fourth-order valence-electron chi connectivity index (χ4n) is 3.57. The number of primary sulfonamides is 1. The fraction of sp³-hybridized carbons (Fsp3) is 0.350. The molecule has 1 aromatic heterocycles. The van der Waals surface area contributed by atoms with Crippen LogP contribution in [-0.2, 0) is 36.3 Å². The summed E-state index contributed by atoms with van der Waals surface area (Å²) in [4.78, 5) is 33.1. The summed E-state index contributed by atoms with van der Waals surface area (Å²) in [5.74, 6) is -0.762. The van der Waals surface area contributed by atoms with Crippen LogP contribution in [0.2, 0.25) is 0 Å². The van der Waals surface area contributed by atoms with Crippen molar-refractivity contribution < 1.29 is 22.7 Å². The first-order valence-electron chi connectivity index (χ1n) is 9.26. The van der Waals surface area contributed by atoms with E-state index in [2.05, 4.69) is 4.98 Å². The lowest BCUT2D eigenvalue weighted by Crippen LogP contribution is -2.52. The molecule has 0 radical (unpaired) electrons. The van der Waals surface area contributed by atoms with E-state index >= 15 is 0 Å². The Balaban J connectivity index is 1.85. The lowest BCUT2D eigenvalue weighted by molar-refractivity contribution is -0.155. The number of ether oxygens (including phenoxy) is 1. The maximum absolute atomic E-state index is 13.1. The highest BCUT2D eigenvalue weighted by molar-refractivity contribution is 7.89. The van der Waals surface area contributed by atoms with E-state index in [4.69, 9.17) is 9.88 Å². The molecule has 160 valence electrons. The van der Waals surface area contributed by atoms with Crippen molar-refractivity contribution in [1.82, 2.24) is 9.88 Å². The Bertz CT molecular complexity index is 1070. The van der Waals surface area contributed by atoms with Gasteiger partial charge in [0, 0.05) is 18.4 Å². The number of nitrogens with zero attached hydrogens (tertiary/aromatic N) is 3. The number of carbonyl (C=O) groups excluding carboxylic acids is 2. The van der Waals surface area contributed by atoms with Gasteiger partial charge in [-0.3, -0.25) is 14.7 Å². The van der Waals surface area contributed by atoms with Gasteiger partial charge in [-0.15, -0.1) is 0 Å². The second-order valence-corrected chi connectivity index (χ2v) is 8.83. The summed E-state index contributed by atoms with van der Waals surface area (Å²) in [6, 6.07) is 9.67. The summed E-state index contributed by atoms with van der Waals surface area (Å²) < 4.78 is 28.1. The number of esters is 1. The summed E-state index contributed by atoms with van der Waals surface area (Å²) in [5, 5.41) is 5.19. The van der Waals surface area contributed by atoms with Crippen LogP contribution in [0.1, 0.15) is 18.2 Å². The molecule has 0 bridgehead atoms. The molecule has 9 nitrogen and oxygen atoms in total. The number of nitrogens with two attached hydrogens (primary N) is 1. The number of aromatic nitrogens is 1. The van der Waals surface area contributed by atoms with E-state index in [1.807, 2.05) is 0 Å². The van der Waals surface area contributed by atoms with Crippen molar-refractivity contribution in [3.8, 4) is 0 Å². The second-order valence-electron chi connectivity index (χ2n) is 7.27. The number of carbonyl (C=O) groups is 2. The summed E-state index contributed by atoms with van der Waals surface area (Å²) in [6.45, 7) is 2.00. The van der Waals surface area contributed by atoms with Crippen LogP contribution in [0.3, 0.4) is 0 Å². The minimum Gasteiger partial charge on any atom is -0.467 e. The van der Waals surface area contributed by atoms with Crippen molar-refractivity contribution in [3.05, 3.63) is 53.9 Å². The zero-order valence-corrected chi connectivity index (χ0v) is 17.8. The van der Waals surface area contributed by atoms with Crippen molar-refractivity contribution in [1.29, 1.82) is 0 Å². The average molecular weight is 433 g/mol. The van der Waals surface area contributed by atoms with Crippen LogP contribution in [0.25, 0.3) is 0 Å². The van der Waals surface area contributed by atoms with E-state index in [0.29, 0.717) is 24.3 Å². The number of sulfonamides is 1. The van der Waals surface area contributed by atoms with Gasteiger partial charge in [0.05, 0.1) is 24.2 Å². The SMILES string of the molecule is COC(=O)C(C)(c1ccccn1)N(C)CC(=O)N1CCc2cc(S(N)(=O)=O)ccc21. The molecule has 1 aliphatic rings. The van der Waals surface area contributed by atoms with E-state index in [9.17, 15) is 18.0 Å². The molecule has 2 heterocycles. The number of methoxy groups -OCH3 is 1. The lowest BCUT2D eigenvalue weighted by atomic mass is 9.95. The highest BCUT2D eigenvalue weighted by atomic mass is 32.2. The van der Waals surface area contributed by atoms with Crippen molar-refractivity contribution in [3.63, 3.8) is 0 Å². The van der Waals surface area contributed by atoms with Gasteiger partial charge < -0.3 is 9.64 Å². The number of pyridine rings is 1. The van der Waals surface area contributed by atoms with E-state index in [1.54, 1.807) is 54.2 Å². The number of anilines is 1. The van der Waals surface area contributed by atoms with E-state index < -0.39 is 21.5 Å². The number of likely N-dealkylation sites (N-methyl/N-ethyl adjacent to an activating group) is 1. The van der Waals surface area contributed by atoms with Crippen LogP contribution >= 0.6 is 0 Å². The Hall–Kier alpha value is -2.82. The maximum atomic E-state index is 13.1. The third-order valence-electron chi connectivity index (χ3n) is 5.46. The Labute approximate surface area is 175 Å². The van der Waals surface area contributed by atoms with Crippen molar-refractivity contribution in [2.24, 2.45) is 5.14 Å². The highest BCUT2D eigenvalue weighted by Crippen LogP contribution is 2.31. The Morgan fingerprint density at radius 2 is 2.03 bits per heavy atom. The Kier molecular flexibility index (Phi) is 5.93. The number of hydrogen-bond acceptors (Lipinski definition) is 7. The number of hydrogen-bond donors (Lipinski definition) is 1. The standard InChI is InChI=1S/C20H24N4O5S/c1-20(19(26)29-3,17-6-4-5-10-22-17)23(2)13-18(25)24-11-9-14-12-15(30(21,27)28)7-8-16(14)24/h4-8,10,12H,9,11,13H2,1-3H3,(H2,21,27,28). The van der Waals surface area contributed by atoms with Gasteiger partial charge in [-0.05, 0) is 56.3 Å². The summed E-state index contributed by atoms with van der Waals surface area (Å²) in [6.07, 6.45) is 2.09. The molecule has 1 atom stereocenters. The summed E-state index contributed by atoms with van der Waals surface area (Å²) >= 11 is 0. The number of amides is 1. The van der Waals surface area contributed by atoms with Gasteiger partial charge >= 0.3 is 5.97 Å². The molecule has 0 saturated carbocycles. The lowest BCUT2D eigenvalue weighted by Gasteiger charge is -2.36. The molecular weight excluding hydrogens is 408 g/mol. The zero-order chi connectivity index (χ0) is 22.1. The topological polar surface area (TPSA) is 123 Å². The highest BCUT2D eigenvalue weighted by Gasteiger charge is 2.43. The molecule has 0 aliphatic carbocycles. The van der Waals surface area contributed by atoms with Crippen molar-refractivity contribution >= 4 is 27.6 Å². The van der Waals surface area contributed by atoms with Gasteiger partial charge in [0.2, 0.25) is 15.9 Å². The van der Waals surface area contributed by atoms with Crippen LogP contribution in [0.15, 0.2) is 47.5 Å². The molecule has 30 heavy (non-hydrogen) atoms. The molecular formula is C20H24N4O5S. The van der Waals surface area contributed by atoms with Gasteiger partial charge in [-0.25, -0.2) is 18.4 Å². The minimum atomic E-state index is -3.81. The molecule has 1 amide bonds. The monoisotopic (exact) mass is 432 g/mol. The van der Waals surface area contributed by atoms with E-state index in [0.717, 1.165) is 5.56 Å². The number of rotatable bonds is 6. The summed E-state index contributed by atoms with van der Waals surface area (Å²) in [7, 11) is -0.866. The van der Waals surface area contributed by atoms with Crippen LogP contribution in [0.5, 0.6) is 0 Å². The number of benzene rings is 1. The Morgan fingerprint density at radius 1 is 1.30 bits per heavy atom. The predicted molar refractivity (Wildman–Crippen MR) is 110 cm³/mol. The molecule has 1 aliphatic heterocycles. The first-order chi connectivity index (χ1) is 14.1. The third-order valence-corrected chi connectivity index (χ3v) is 6.37. The van der Waals surface area contributed by atoms with Gasteiger partial charge in [0.1, 0.15) is 0 Å². The van der Waals surface area contributed by atoms with Gasteiger partial charge in [-0.2, -0.15) is 0 Å². The maximum Gasteiger partial charge on any atom is 0.332 e. The van der Waals surface area contributed by atoms with Crippen LogP contribution in [0.4, 0.5) is 5.69 Å². The predicted octanol–water partition coefficient (Wildman–Crippen LogP) is 0.638. The Morgan fingerprint density at radius 3 is 2.63 bits per heavy atom. The van der Waals surface area contributed by atoms with E-state index in [-0.39, 0.29) is 17.3 Å². The molecule has 2 N–H and O–H groups in total. The second kappa shape index (κ2) is 8.13. The summed E-state index contributed by atoms with van der Waals surface area (Å²) in [5.41, 5.74) is 0.578. The van der Waals surface area contributed by atoms with E-state index in [1.165, 1.54) is 19.2 Å². The smallest absolute Gasteiger partial charge is 0.332 e. The quantitative estimate of drug-likeness (QED) is 0.665. The zero-order valence-electron chi connectivity index (χ0n) is 17.0. The van der Waals surface area contributed by atoms with Gasteiger partial charge in [0.15, 0.2) is 5.54 Å². The first kappa shape index (κ1) is 21.9. The normalized spacial score (nSPS) is 15.6. The van der Waals surface area contributed by atoms with Crippen LogP contribution in [0, 0.1) is 0 Å². The molecule has 0 saturated heterocycles. The first-order valence-corrected chi connectivity index (χ1v) is 10.8. The molecule has 0 fully saturated rings. The third kappa shape index (κ3) is 3.93. The fourth-order valence-corrected chi connectivity index (χ4v) is 4.13. The van der Waals surface area contributed by atoms with Gasteiger partial charge in [0.25, 0.3) is 0 Å².